The van der Waals surface area contributed by atoms with Crippen LogP contribution >= 0.6 is 0 Å². The molecule has 0 aliphatic carbocycles. The Hall–Kier alpha value is -4.03. The number of aromatic hydroxyl groups is 1. The van der Waals surface area contributed by atoms with Crippen molar-refractivity contribution in [2.45, 2.75) is 25.8 Å². The molecule has 37 heavy (non-hydrogen) atoms. The van der Waals surface area contributed by atoms with E-state index in [4.69, 9.17) is 9.47 Å². The standard InChI is InChI=1S/C31H30N2O4/c34-24-7-13-28-21(18-24)6-12-27(22-4-5-23-20-32-31(35)29(23)19-22)30(28)37-26-10-8-25(9-11-26)36-17-16-33-14-2-1-3-15-33/h4-13,18-19,34H,1-3,14-17,20H2,(H,32,35). The molecule has 0 radical (unpaired) electrons. The van der Waals surface area contributed by atoms with Gasteiger partial charge in [0.25, 0.3) is 5.91 Å². The van der Waals surface area contributed by atoms with Crippen LogP contribution in [0.1, 0.15) is 35.2 Å². The monoisotopic (exact) mass is 494 g/mol. The molecule has 4 aromatic rings. The van der Waals surface area contributed by atoms with Crippen molar-refractivity contribution in [2.75, 3.05) is 26.2 Å². The molecule has 0 saturated carbocycles. The minimum absolute atomic E-state index is 0.0547. The topological polar surface area (TPSA) is 71.0 Å². The number of phenols is 1. The van der Waals surface area contributed by atoms with Gasteiger partial charge in [0.2, 0.25) is 0 Å². The maximum atomic E-state index is 12.3. The van der Waals surface area contributed by atoms with Crippen molar-refractivity contribution in [3.63, 3.8) is 0 Å². The molecule has 0 atom stereocenters. The maximum absolute atomic E-state index is 12.3. The number of carbonyl (C=O) groups is 1. The molecule has 0 bridgehead atoms. The average molecular weight is 495 g/mol. The molecule has 0 unspecified atom stereocenters. The normalized spacial score (nSPS) is 15.4. The highest BCUT2D eigenvalue weighted by Crippen LogP contribution is 2.41. The van der Waals surface area contributed by atoms with Gasteiger partial charge in [-0.25, -0.2) is 0 Å². The van der Waals surface area contributed by atoms with E-state index < -0.39 is 0 Å². The Bertz CT molecular complexity index is 1440. The lowest BCUT2D eigenvalue weighted by Gasteiger charge is -2.26. The van der Waals surface area contributed by atoms with E-state index in [1.54, 1.807) is 12.1 Å². The minimum atomic E-state index is -0.0547. The molecule has 2 heterocycles. The number of rotatable bonds is 7. The zero-order valence-electron chi connectivity index (χ0n) is 20.7. The van der Waals surface area contributed by atoms with Gasteiger partial charge in [0.15, 0.2) is 0 Å². The Morgan fingerprint density at radius 1 is 0.838 bits per heavy atom. The molecule has 6 nitrogen and oxygen atoms in total. The summed E-state index contributed by atoms with van der Waals surface area (Å²) in [5, 5.41) is 14.6. The van der Waals surface area contributed by atoms with E-state index in [1.165, 1.54) is 19.3 Å². The van der Waals surface area contributed by atoms with Crippen molar-refractivity contribution in [1.29, 1.82) is 0 Å². The summed E-state index contributed by atoms with van der Waals surface area (Å²) < 4.78 is 12.5. The van der Waals surface area contributed by atoms with E-state index in [2.05, 4.69) is 10.2 Å². The molecule has 2 N–H and O–H groups in total. The number of piperidine rings is 1. The smallest absolute Gasteiger partial charge is 0.251 e. The number of likely N-dealkylation sites (tertiary alicyclic amines) is 1. The van der Waals surface area contributed by atoms with Crippen LogP contribution in [0.3, 0.4) is 0 Å². The number of fused-ring (bicyclic) bond motifs is 2. The first kappa shape index (κ1) is 23.4. The van der Waals surface area contributed by atoms with Crippen LogP contribution < -0.4 is 14.8 Å². The summed E-state index contributed by atoms with van der Waals surface area (Å²) in [5.41, 5.74) is 3.47. The Balaban J connectivity index is 1.26. The molecule has 2 aliphatic rings. The average Bonchev–Trinajstić information content (AvgIpc) is 3.30. The SMILES string of the molecule is O=C1NCc2ccc(-c3ccc4cc(O)ccc4c3Oc3ccc(OCCN4CCCCC4)cc3)cc21. The second-order valence-corrected chi connectivity index (χ2v) is 9.73. The number of nitrogens with zero attached hydrogens (tertiary/aromatic N) is 1. The highest BCUT2D eigenvalue weighted by atomic mass is 16.5. The lowest BCUT2D eigenvalue weighted by atomic mass is 9.96. The molecule has 1 amide bonds. The zero-order valence-corrected chi connectivity index (χ0v) is 20.7. The van der Waals surface area contributed by atoms with Crippen molar-refractivity contribution >= 4 is 16.7 Å². The third kappa shape index (κ3) is 4.98. The van der Waals surface area contributed by atoms with Gasteiger partial charge in [-0.2, -0.15) is 0 Å². The summed E-state index contributed by atoms with van der Waals surface area (Å²) in [6, 6.07) is 22.8. The van der Waals surface area contributed by atoms with Gasteiger partial charge in [-0.1, -0.05) is 24.6 Å². The van der Waals surface area contributed by atoms with Crippen molar-refractivity contribution in [3.8, 4) is 34.1 Å². The largest absolute Gasteiger partial charge is 0.508 e. The summed E-state index contributed by atoms with van der Waals surface area (Å²) in [6.45, 7) is 4.50. The molecule has 2 aliphatic heterocycles. The molecule has 188 valence electrons. The van der Waals surface area contributed by atoms with Crippen molar-refractivity contribution < 1.29 is 19.4 Å². The molecule has 0 spiro atoms. The number of hydrogen-bond donors (Lipinski definition) is 2. The van der Waals surface area contributed by atoms with E-state index >= 15 is 0 Å². The van der Waals surface area contributed by atoms with E-state index in [1.807, 2.05) is 60.7 Å². The number of phenolic OH excluding ortho intramolecular Hbond substituents is 1. The highest BCUT2D eigenvalue weighted by molar-refractivity contribution is 6.01. The predicted octanol–water partition coefficient (Wildman–Crippen LogP) is 6.11. The van der Waals surface area contributed by atoms with Crippen LogP contribution in [0.15, 0.2) is 72.8 Å². The quantitative estimate of drug-likeness (QED) is 0.324. The van der Waals surface area contributed by atoms with Crippen LogP contribution in [0.25, 0.3) is 21.9 Å². The minimum Gasteiger partial charge on any atom is -0.508 e. The number of carbonyl (C=O) groups excluding carboxylic acids is 1. The molecular formula is C31H30N2O4. The van der Waals surface area contributed by atoms with Gasteiger partial charge in [-0.15, -0.1) is 0 Å². The molecular weight excluding hydrogens is 464 g/mol. The molecule has 1 fully saturated rings. The van der Waals surface area contributed by atoms with E-state index in [0.717, 1.165) is 52.8 Å². The molecule has 6 heteroatoms. The van der Waals surface area contributed by atoms with Crippen LogP contribution in [0.5, 0.6) is 23.0 Å². The Kier molecular flexibility index (Phi) is 6.41. The molecule has 4 aromatic carbocycles. The number of benzene rings is 4. The van der Waals surface area contributed by atoms with Gasteiger partial charge >= 0.3 is 0 Å². The maximum Gasteiger partial charge on any atom is 0.251 e. The number of hydrogen-bond acceptors (Lipinski definition) is 5. The van der Waals surface area contributed by atoms with Crippen LogP contribution in [0.4, 0.5) is 0 Å². The first-order valence-electron chi connectivity index (χ1n) is 12.9. The second-order valence-electron chi connectivity index (χ2n) is 9.73. The lowest BCUT2D eigenvalue weighted by molar-refractivity contribution is 0.0965. The van der Waals surface area contributed by atoms with Gasteiger partial charge in [-0.3, -0.25) is 9.69 Å². The zero-order chi connectivity index (χ0) is 25.2. The molecule has 1 saturated heterocycles. The van der Waals surface area contributed by atoms with Crippen molar-refractivity contribution in [2.24, 2.45) is 0 Å². The summed E-state index contributed by atoms with van der Waals surface area (Å²) in [7, 11) is 0. The van der Waals surface area contributed by atoms with E-state index in [0.29, 0.717) is 30.2 Å². The second kappa shape index (κ2) is 10.1. The van der Waals surface area contributed by atoms with Gasteiger partial charge in [-0.05, 0) is 97.0 Å². The van der Waals surface area contributed by atoms with Crippen LogP contribution in [-0.2, 0) is 6.54 Å². The molecule has 6 rings (SSSR count). The number of ether oxygens (including phenoxy) is 2. The van der Waals surface area contributed by atoms with Crippen molar-refractivity contribution in [1.82, 2.24) is 10.2 Å². The fourth-order valence-corrected chi connectivity index (χ4v) is 5.20. The fraction of sp³-hybridized carbons (Fsp3) is 0.258. The first-order valence-corrected chi connectivity index (χ1v) is 12.9. The summed E-state index contributed by atoms with van der Waals surface area (Å²) in [5.74, 6) is 2.32. The van der Waals surface area contributed by atoms with Crippen LogP contribution in [0.2, 0.25) is 0 Å². The molecule has 0 aromatic heterocycles. The fourth-order valence-electron chi connectivity index (χ4n) is 5.20. The predicted molar refractivity (Wildman–Crippen MR) is 145 cm³/mol. The third-order valence-electron chi connectivity index (χ3n) is 7.23. The third-order valence-corrected chi connectivity index (χ3v) is 7.23. The van der Waals surface area contributed by atoms with Crippen LogP contribution in [0, 0.1) is 0 Å². The van der Waals surface area contributed by atoms with Gasteiger partial charge in [0.1, 0.15) is 29.6 Å². The number of amides is 1. The number of nitrogens with one attached hydrogen (secondary N) is 1. The Labute approximate surface area is 216 Å². The Morgan fingerprint density at radius 2 is 1.65 bits per heavy atom. The van der Waals surface area contributed by atoms with Gasteiger partial charge in [0.05, 0.1) is 0 Å². The van der Waals surface area contributed by atoms with E-state index in [9.17, 15) is 9.90 Å². The van der Waals surface area contributed by atoms with Crippen molar-refractivity contribution in [3.05, 3.63) is 83.9 Å². The summed E-state index contributed by atoms with van der Waals surface area (Å²) in [4.78, 5) is 14.7. The Morgan fingerprint density at radius 3 is 2.49 bits per heavy atom. The highest BCUT2D eigenvalue weighted by Gasteiger charge is 2.21. The van der Waals surface area contributed by atoms with Gasteiger partial charge < -0.3 is 19.9 Å². The lowest BCUT2D eigenvalue weighted by Crippen LogP contribution is -2.33. The summed E-state index contributed by atoms with van der Waals surface area (Å²) in [6.07, 6.45) is 3.89. The van der Waals surface area contributed by atoms with E-state index in [-0.39, 0.29) is 11.7 Å². The summed E-state index contributed by atoms with van der Waals surface area (Å²) >= 11 is 0. The van der Waals surface area contributed by atoms with Crippen LogP contribution in [-0.4, -0.2) is 42.2 Å². The van der Waals surface area contributed by atoms with Gasteiger partial charge in [0, 0.05) is 29.6 Å². The first-order chi connectivity index (χ1) is 18.1.